The highest BCUT2D eigenvalue weighted by molar-refractivity contribution is 6.04. The molecule has 3 rings (SSSR count). The van der Waals surface area contributed by atoms with Crippen LogP contribution in [0.3, 0.4) is 0 Å². The van der Waals surface area contributed by atoms with Crippen LogP contribution < -0.4 is 10.2 Å². The van der Waals surface area contributed by atoms with Crippen molar-refractivity contribution in [2.75, 3.05) is 36.4 Å². The molecule has 1 aliphatic rings. The number of rotatable bonds is 5. The average Bonchev–Trinajstić information content (AvgIpc) is 2.68. The van der Waals surface area contributed by atoms with Gasteiger partial charge in [-0.15, -0.1) is 0 Å². The zero-order chi connectivity index (χ0) is 20.1. The number of nitrogens with one attached hydrogen (secondary N) is 1. The van der Waals surface area contributed by atoms with E-state index in [0.717, 1.165) is 43.1 Å². The van der Waals surface area contributed by atoms with E-state index < -0.39 is 0 Å². The van der Waals surface area contributed by atoms with Crippen LogP contribution in [0.5, 0.6) is 0 Å². The summed E-state index contributed by atoms with van der Waals surface area (Å²) in [5.41, 5.74) is 3.62. The van der Waals surface area contributed by atoms with Gasteiger partial charge in [0.05, 0.1) is 0 Å². The van der Waals surface area contributed by atoms with Crippen molar-refractivity contribution >= 4 is 23.2 Å². The van der Waals surface area contributed by atoms with Crippen LogP contribution in [0.1, 0.15) is 36.2 Å². The molecule has 0 bridgehead atoms. The highest BCUT2D eigenvalue weighted by Gasteiger charge is 2.21. The number of anilines is 2. The van der Waals surface area contributed by atoms with Crippen molar-refractivity contribution in [3.8, 4) is 0 Å². The highest BCUT2D eigenvalue weighted by Crippen LogP contribution is 2.20. The molecule has 1 fully saturated rings. The third kappa shape index (κ3) is 5.12. The van der Waals surface area contributed by atoms with E-state index in [1.807, 2.05) is 60.4 Å². The second-order valence-electron chi connectivity index (χ2n) is 7.84. The Bertz CT molecular complexity index is 822. The van der Waals surface area contributed by atoms with Crippen molar-refractivity contribution in [3.05, 3.63) is 59.7 Å². The van der Waals surface area contributed by atoms with Crippen LogP contribution in [0.25, 0.3) is 0 Å². The monoisotopic (exact) mass is 379 g/mol. The van der Waals surface area contributed by atoms with Crippen LogP contribution in [0.15, 0.2) is 48.5 Å². The van der Waals surface area contributed by atoms with Gasteiger partial charge in [0.25, 0.3) is 5.91 Å². The lowest BCUT2D eigenvalue weighted by Crippen LogP contribution is -2.49. The third-order valence-corrected chi connectivity index (χ3v) is 4.99. The molecule has 0 saturated carbocycles. The molecule has 0 unspecified atom stereocenters. The maximum atomic E-state index is 12.4. The van der Waals surface area contributed by atoms with E-state index in [2.05, 4.69) is 24.1 Å². The number of carbonyl (C=O) groups excluding carboxylic acids is 2. The van der Waals surface area contributed by atoms with Crippen molar-refractivity contribution in [1.29, 1.82) is 0 Å². The minimum atomic E-state index is -0.103. The number of carbonyl (C=O) groups is 2. The van der Waals surface area contributed by atoms with Gasteiger partial charge in [-0.05, 0) is 49.2 Å². The molecule has 28 heavy (non-hydrogen) atoms. The van der Waals surface area contributed by atoms with Gasteiger partial charge in [-0.3, -0.25) is 9.59 Å². The molecule has 2 amide bonds. The Morgan fingerprint density at radius 1 is 1.00 bits per heavy atom. The van der Waals surface area contributed by atoms with Gasteiger partial charge >= 0.3 is 0 Å². The normalized spacial score (nSPS) is 14.3. The van der Waals surface area contributed by atoms with Crippen LogP contribution in [0.2, 0.25) is 0 Å². The topological polar surface area (TPSA) is 52.7 Å². The predicted octanol–water partition coefficient (Wildman–Crippen LogP) is 3.94. The van der Waals surface area contributed by atoms with Crippen molar-refractivity contribution in [2.24, 2.45) is 5.92 Å². The van der Waals surface area contributed by atoms with Gasteiger partial charge in [0.15, 0.2) is 0 Å². The molecule has 5 heteroatoms. The second-order valence-corrected chi connectivity index (χ2v) is 7.84. The standard InChI is InChI=1S/C23H29N3O2/c1-17(2)15-22(27)26-13-11-25(12-14-26)21-9-7-20(8-10-21)24-23(28)19-6-4-5-18(3)16-19/h4-10,16-17H,11-15H2,1-3H3,(H,24,28). The highest BCUT2D eigenvalue weighted by atomic mass is 16.2. The first kappa shape index (κ1) is 19.9. The number of hydrogen-bond acceptors (Lipinski definition) is 3. The summed E-state index contributed by atoms with van der Waals surface area (Å²) in [4.78, 5) is 28.8. The van der Waals surface area contributed by atoms with Gasteiger partial charge in [-0.2, -0.15) is 0 Å². The number of piperazine rings is 1. The maximum absolute atomic E-state index is 12.4. The summed E-state index contributed by atoms with van der Waals surface area (Å²) in [5.74, 6) is 0.547. The summed E-state index contributed by atoms with van der Waals surface area (Å²) >= 11 is 0. The molecule has 2 aromatic rings. The molecular weight excluding hydrogens is 350 g/mol. The zero-order valence-corrected chi connectivity index (χ0v) is 16.9. The van der Waals surface area contributed by atoms with Crippen LogP contribution in [-0.4, -0.2) is 42.9 Å². The van der Waals surface area contributed by atoms with Crippen LogP contribution in [0.4, 0.5) is 11.4 Å². The van der Waals surface area contributed by atoms with E-state index in [9.17, 15) is 9.59 Å². The molecule has 0 aromatic heterocycles. The third-order valence-electron chi connectivity index (χ3n) is 4.99. The van der Waals surface area contributed by atoms with E-state index in [4.69, 9.17) is 0 Å². The number of aryl methyl sites for hydroxylation is 1. The fourth-order valence-corrected chi connectivity index (χ4v) is 3.44. The summed E-state index contributed by atoms with van der Waals surface area (Å²) in [6, 6.07) is 15.5. The fourth-order valence-electron chi connectivity index (χ4n) is 3.44. The number of nitrogens with zero attached hydrogens (tertiary/aromatic N) is 2. The van der Waals surface area contributed by atoms with Crippen LogP contribution in [0, 0.1) is 12.8 Å². The molecule has 5 nitrogen and oxygen atoms in total. The molecule has 1 aliphatic heterocycles. The Balaban J connectivity index is 1.55. The number of hydrogen-bond donors (Lipinski definition) is 1. The molecule has 1 heterocycles. The Labute approximate surface area is 167 Å². The van der Waals surface area contributed by atoms with Crippen molar-refractivity contribution in [2.45, 2.75) is 27.2 Å². The van der Waals surface area contributed by atoms with E-state index in [1.165, 1.54) is 0 Å². The minimum Gasteiger partial charge on any atom is -0.368 e. The molecule has 0 aliphatic carbocycles. The van der Waals surface area contributed by atoms with Gasteiger partial charge in [0, 0.05) is 49.5 Å². The minimum absolute atomic E-state index is 0.103. The summed E-state index contributed by atoms with van der Waals surface area (Å²) < 4.78 is 0. The number of benzene rings is 2. The first-order valence-corrected chi connectivity index (χ1v) is 9.93. The Kier molecular flexibility index (Phi) is 6.34. The zero-order valence-electron chi connectivity index (χ0n) is 16.9. The second kappa shape index (κ2) is 8.91. The van der Waals surface area contributed by atoms with Crippen molar-refractivity contribution < 1.29 is 9.59 Å². The number of amides is 2. The van der Waals surface area contributed by atoms with Gasteiger partial charge in [0.2, 0.25) is 5.91 Å². The first-order chi connectivity index (χ1) is 13.4. The summed E-state index contributed by atoms with van der Waals surface area (Å²) in [5, 5.41) is 2.95. The average molecular weight is 380 g/mol. The lowest BCUT2D eigenvalue weighted by atomic mass is 10.1. The van der Waals surface area contributed by atoms with E-state index >= 15 is 0 Å². The molecule has 148 valence electrons. The van der Waals surface area contributed by atoms with Gasteiger partial charge < -0.3 is 15.1 Å². The van der Waals surface area contributed by atoms with E-state index in [1.54, 1.807) is 0 Å². The quantitative estimate of drug-likeness (QED) is 0.856. The van der Waals surface area contributed by atoms with Crippen LogP contribution >= 0.6 is 0 Å². The maximum Gasteiger partial charge on any atom is 0.255 e. The SMILES string of the molecule is Cc1cccc(C(=O)Nc2ccc(N3CCN(C(=O)CC(C)C)CC3)cc2)c1. The molecule has 0 atom stereocenters. The molecule has 1 saturated heterocycles. The Morgan fingerprint density at radius 3 is 2.29 bits per heavy atom. The first-order valence-electron chi connectivity index (χ1n) is 9.93. The Morgan fingerprint density at radius 2 is 1.68 bits per heavy atom. The molecule has 2 aromatic carbocycles. The molecule has 0 radical (unpaired) electrons. The summed E-state index contributed by atoms with van der Waals surface area (Å²) in [6.07, 6.45) is 0.620. The predicted molar refractivity (Wildman–Crippen MR) is 114 cm³/mol. The largest absolute Gasteiger partial charge is 0.368 e. The smallest absolute Gasteiger partial charge is 0.255 e. The van der Waals surface area contributed by atoms with E-state index in [0.29, 0.717) is 17.9 Å². The lowest BCUT2D eigenvalue weighted by Gasteiger charge is -2.36. The van der Waals surface area contributed by atoms with Crippen molar-refractivity contribution in [1.82, 2.24) is 4.90 Å². The molecule has 1 N–H and O–H groups in total. The van der Waals surface area contributed by atoms with Gasteiger partial charge in [-0.1, -0.05) is 31.5 Å². The molecule has 0 spiro atoms. The molecular formula is C23H29N3O2. The van der Waals surface area contributed by atoms with Crippen LogP contribution in [-0.2, 0) is 4.79 Å². The summed E-state index contributed by atoms with van der Waals surface area (Å²) in [6.45, 7) is 9.31. The van der Waals surface area contributed by atoms with Gasteiger partial charge in [0.1, 0.15) is 0 Å². The van der Waals surface area contributed by atoms with Gasteiger partial charge in [-0.25, -0.2) is 0 Å². The van der Waals surface area contributed by atoms with Crippen molar-refractivity contribution in [3.63, 3.8) is 0 Å². The summed E-state index contributed by atoms with van der Waals surface area (Å²) in [7, 11) is 0. The fraction of sp³-hybridized carbons (Fsp3) is 0.391. The Hall–Kier alpha value is -2.82. The van der Waals surface area contributed by atoms with E-state index in [-0.39, 0.29) is 11.8 Å². The lowest BCUT2D eigenvalue weighted by molar-refractivity contribution is -0.132.